The Morgan fingerprint density at radius 1 is 1.11 bits per heavy atom. The second-order valence-corrected chi connectivity index (χ2v) is 6.84. The predicted molar refractivity (Wildman–Crippen MR) is 111 cm³/mol. The minimum atomic E-state index is -0.147. The van der Waals surface area contributed by atoms with Gasteiger partial charge >= 0.3 is 0 Å². The van der Waals surface area contributed by atoms with Crippen molar-refractivity contribution in [3.8, 4) is 17.0 Å². The van der Waals surface area contributed by atoms with Gasteiger partial charge in [-0.3, -0.25) is 4.79 Å². The van der Waals surface area contributed by atoms with Gasteiger partial charge in [0.1, 0.15) is 11.4 Å². The van der Waals surface area contributed by atoms with Gasteiger partial charge in [-0.05, 0) is 54.3 Å². The number of hydrogen-bond donors (Lipinski definition) is 2. The van der Waals surface area contributed by atoms with Gasteiger partial charge in [-0.25, -0.2) is 4.98 Å². The largest absolute Gasteiger partial charge is 0.495 e. The molecule has 142 valence electrons. The van der Waals surface area contributed by atoms with E-state index in [1.165, 1.54) is 11.1 Å². The lowest BCUT2D eigenvalue weighted by atomic mass is 10.1. The number of fused-ring (bicyclic) bond motifs is 1. The third-order valence-corrected chi connectivity index (χ3v) is 5.18. The molecule has 3 aromatic rings. The first-order valence-corrected chi connectivity index (χ1v) is 9.41. The average Bonchev–Trinajstić information content (AvgIpc) is 3.16. The van der Waals surface area contributed by atoms with Gasteiger partial charge in [0.2, 0.25) is 0 Å². The highest BCUT2D eigenvalue weighted by molar-refractivity contribution is 5.93. The standard InChI is InChI=1S/C23H23N3O2/c1-24-21-14-16(11-13-22(21)28-2)18-8-5-9-20(25-18)23(27)26-19-12-10-15-6-3-4-7-17(15)19/h3-9,11,13-14,19,24H,10,12H2,1-2H3,(H,26,27). The molecule has 1 aliphatic rings. The van der Waals surface area contributed by atoms with Gasteiger partial charge in [0.05, 0.1) is 24.5 Å². The Bertz CT molecular complexity index is 1020. The third kappa shape index (κ3) is 3.43. The first-order chi connectivity index (χ1) is 13.7. The van der Waals surface area contributed by atoms with Gasteiger partial charge in [0.15, 0.2) is 0 Å². The van der Waals surface area contributed by atoms with E-state index in [2.05, 4.69) is 27.8 Å². The fourth-order valence-electron chi connectivity index (χ4n) is 3.72. The van der Waals surface area contributed by atoms with Crippen LogP contribution in [0, 0.1) is 0 Å². The van der Waals surface area contributed by atoms with Crippen molar-refractivity contribution in [1.82, 2.24) is 10.3 Å². The number of ether oxygens (including phenoxy) is 1. The molecule has 0 saturated heterocycles. The molecule has 1 atom stereocenters. The van der Waals surface area contributed by atoms with Crippen molar-refractivity contribution in [3.63, 3.8) is 0 Å². The molecule has 0 aliphatic heterocycles. The number of rotatable bonds is 5. The molecule has 1 unspecified atom stereocenters. The number of hydrogen-bond acceptors (Lipinski definition) is 4. The number of nitrogens with one attached hydrogen (secondary N) is 2. The van der Waals surface area contributed by atoms with Crippen LogP contribution in [0.1, 0.15) is 34.1 Å². The van der Waals surface area contributed by atoms with E-state index in [-0.39, 0.29) is 11.9 Å². The first-order valence-electron chi connectivity index (χ1n) is 9.41. The summed E-state index contributed by atoms with van der Waals surface area (Å²) in [6, 6.07) is 19.7. The molecule has 0 bridgehead atoms. The molecule has 0 spiro atoms. The lowest BCUT2D eigenvalue weighted by Gasteiger charge is -2.14. The topological polar surface area (TPSA) is 63.2 Å². The summed E-state index contributed by atoms with van der Waals surface area (Å²) in [6.07, 6.45) is 1.92. The van der Waals surface area contributed by atoms with E-state index in [4.69, 9.17) is 4.74 Å². The fourth-order valence-corrected chi connectivity index (χ4v) is 3.72. The Hall–Kier alpha value is -3.34. The zero-order valence-electron chi connectivity index (χ0n) is 16.0. The van der Waals surface area contributed by atoms with Crippen molar-refractivity contribution in [2.45, 2.75) is 18.9 Å². The molecule has 2 aromatic carbocycles. The molecule has 0 radical (unpaired) electrons. The average molecular weight is 373 g/mol. The number of aryl methyl sites for hydroxylation is 1. The molecule has 1 amide bonds. The van der Waals surface area contributed by atoms with Crippen LogP contribution in [-0.2, 0) is 6.42 Å². The van der Waals surface area contributed by atoms with Crippen LogP contribution in [-0.4, -0.2) is 25.0 Å². The van der Waals surface area contributed by atoms with E-state index >= 15 is 0 Å². The van der Waals surface area contributed by atoms with Crippen LogP contribution in [0.15, 0.2) is 60.7 Å². The van der Waals surface area contributed by atoms with Crippen LogP contribution >= 0.6 is 0 Å². The van der Waals surface area contributed by atoms with Gasteiger partial charge < -0.3 is 15.4 Å². The number of benzene rings is 2. The van der Waals surface area contributed by atoms with E-state index in [0.717, 1.165) is 35.5 Å². The molecule has 2 N–H and O–H groups in total. The van der Waals surface area contributed by atoms with Crippen LogP contribution in [0.25, 0.3) is 11.3 Å². The Balaban J connectivity index is 1.57. The maximum Gasteiger partial charge on any atom is 0.270 e. The number of amides is 1. The predicted octanol–water partition coefficient (Wildman–Crippen LogP) is 4.22. The summed E-state index contributed by atoms with van der Waals surface area (Å²) in [7, 11) is 3.48. The van der Waals surface area contributed by atoms with Crippen molar-refractivity contribution in [2.75, 3.05) is 19.5 Å². The Labute approximate surface area is 164 Å². The van der Waals surface area contributed by atoms with Gasteiger partial charge in [-0.2, -0.15) is 0 Å². The van der Waals surface area contributed by atoms with Crippen LogP contribution in [0.5, 0.6) is 5.75 Å². The number of methoxy groups -OCH3 is 1. The molecular weight excluding hydrogens is 350 g/mol. The Kier molecular flexibility index (Phi) is 4.98. The monoisotopic (exact) mass is 373 g/mol. The van der Waals surface area contributed by atoms with Crippen molar-refractivity contribution in [2.24, 2.45) is 0 Å². The van der Waals surface area contributed by atoms with Crippen molar-refractivity contribution >= 4 is 11.6 Å². The van der Waals surface area contributed by atoms with E-state index < -0.39 is 0 Å². The molecular formula is C23H23N3O2. The summed E-state index contributed by atoms with van der Waals surface area (Å²) in [5, 5.41) is 6.26. The van der Waals surface area contributed by atoms with Crippen LogP contribution in [0.4, 0.5) is 5.69 Å². The van der Waals surface area contributed by atoms with Gasteiger partial charge in [-0.15, -0.1) is 0 Å². The Morgan fingerprint density at radius 2 is 1.96 bits per heavy atom. The Morgan fingerprint density at radius 3 is 2.79 bits per heavy atom. The van der Waals surface area contributed by atoms with Gasteiger partial charge in [0, 0.05) is 12.6 Å². The molecule has 28 heavy (non-hydrogen) atoms. The number of pyridine rings is 1. The smallest absolute Gasteiger partial charge is 0.270 e. The summed E-state index contributed by atoms with van der Waals surface area (Å²) < 4.78 is 5.35. The quantitative estimate of drug-likeness (QED) is 0.703. The van der Waals surface area contributed by atoms with Gasteiger partial charge in [0.25, 0.3) is 5.91 Å². The molecule has 5 heteroatoms. The minimum absolute atomic E-state index is 0.0473. The summed E-state index contributed by atoms with van der Waals surface area (Å²) in [5.74, 6) is 0.617. The van der Waals surface area contributed by atoms with E-state index in [9.17, 15) is 4.79 Å². The molecule has 1 heterocycles. The summed E-state index contributed by atoms with van der Waals surface area (Å²) >= 11 is 0. The van der Waals surface area contributed by atoms with Crippen molar-refractivity contribution in [3.05, 3.63) is 77.5 Å². The molecule has 0 fully saturated rings. The fraction of sp³-hybridized carbons (Fsp3) is 0.217. The highest BCUT2D eigenvalue weighted by Gasteiger charge is 2.24. The van der Waals surface area contributed by atoms with E-state index in [1.807, 2.05) is 49.5 Å². The second-order valence-electron chi connectivity index (χ2n) is 6.84. The van der Waals surface area contributed by atoms with E-state index in [1.54, 1.807) is 13.2 Å². The number of aromatic nitrogens is 1. The summed E-state index contributed by atoms with van der Waals surface area (Å²) in [5.41, 5.74) is 5.49. The maximum absolute atomic E-state index is 12.8. The van der Waals surface area contributed by atoms with Crippen molar-refractivity contribution < 1.29 is 9.53 Å². The molecule has 1 aliphatic carbocycles. The van der Waals surface area contributed by atoms with Crippen molar-refractivity contribution in [1.29, 1.82) is 0 Å². The second kappa shape index (κ2) is 7.72. The normalized spacial score (nSPS) is 15.0. The van der Waals surface area contributed by atoms with Gasteiger partial charge in [-0.1, -0.05) is 30.3 Å². The zero-order chi connectivity index (χ0) is 19.5. The molecule has 0 saturated carbocycles. The molecule has 1 aromatic heterocycles. The molecule has 4 rings (SSSR count). The minimum Gasteiger partial charge on any atom is -0.495 e. The number of anilines is 1. The highest BCUT2D eigenvalue weighted by Crippen LogP contribution is 2.31. The maximum atomic E-state index is 12.8. The summed E-state index contributed by atoms with van der Waals surface area (Å²) in [4.78, 5) is 17.4. The third-order valence-electron chi connectivity index (χ3n) is 5.18. The van der Waals surface area contributed by atoms with E-state index in [0.29, 0.717) is 5.69 Å². The van der Waals surface area contributed by atoms with Crippen LogP contribution in [0.2, 0.25) is 0 Å². The SMILES string of the molecule is CNc1cc(-c2cccc(C(=O)NC3CCc4ccccc43)n2)ccc1OC. The number of carbonyl (C=O) groups is 1. The molecule has 5 nitrogen and oxygen atoms in total. The lowest BCUT2D eigenvalue weighted by molar-refractivity contribution is 0.0932. The zero-order valence-corrected chi connectivity index (χ0v) is 16.0. The number of carbonyl (C=O) groups excluding carboxylic acids is 1. The van der Waals surface area contributed by atoms with Crippen LogP contribution < -0.4 is 15.4 Å². The van der Waals surface area contributed by atoms with Crippen LogP contribution in [0.3, 0.4) is 0 Å². The lowest BCUT2D eigenvalue weighted by Crippen LogP contribution is -2.27. The summed E-state index contributed by atoms with van der Waals surface area (Å²) in [6.45, 7) is 0. The highest BCUT2D eigenvalue weighted by atomic mass is 16.5. The first kappa shape index (κ1) is 18.0. The number of nitrogens with zero attached hydrogens (tertiary/aromatic N) is 1.